The molecule has 2 amide bonds. The van der Waals surface area contributed by atoms with Crippen molar-refractivity contribution in [3.63, 3.8) is 0 Å². The maximum Gasteiger partial charge on any atom is 0.416 e. The van der Waals surface area contributed by atoms with Crippen LogP contribution in [0.25, 0.3) is 0 Å². The van der Waals surface area contributed by atoms with E-state index in [4.69, 9.17) is 4.18 Å². The molecule has 0 bridgehead atoms. The summed E-state index contributed by atoms with van der Waals surface area (Å²) in [6.07, 6.45) is -4.00. The summed E-state index contributed by atoms with van der Waals surface area (Å²) in [5.41, 5.74) is 0.457. The Morgan fingerprint density at radius 1 is 0.972 bits per heavy atom. The van der Waals surface area contributed by atoms with Gasteiger partial charge in [0.2, 0.25) is 0 Å². The van der Waals surface area contributed by atoms with E-state index < -0.39 is 26.8 Å². The quantitative estimate of drug-likeness (QED) is 0.352. The van der Waals surface area contributed by atoms with Crippen LogP contribution in [0.2, 0.25) is 0 Å². The topological polar surface area (TPSA) is 75.7 Å². The molecule has 192 valence electrons. The third-order valence-corrected chi connectivity index (χ3v) is 6.82. The first kappa shape index (κ1) is 27.1. The summed E-state index contributed by atoms with van der Waals surface area (Å²) in [5, 5.41) is 2.89. The highest BCUT2D eigenvalue weighted by Crippen LogP contribution is 2.31. The van der Waals surface area contributed by atoms with E-state index in [9.17, 15) is 26.4 Å². The lowest BCUT2D eigenvalue weighted by atomic mass is 10.1. The maximum absolute atomic E-state index is 13.0. The Balaban J connectivity index is 1.75. The first-order valence-electron chi connectivity index (χ1n) is 11.3. The highest BCUT2D eigenvalue weighted by atomic mass is 32.2. The number of rotatable bonds is 9. The normalized spacial score (nSPS) is 12.6. The zero-order valence-corrected chi connectivity index (χ0v) is 20.6. The number of benzene rings is 3. The number of nitrogens with zero attached hydrogens (tertiary/aromatic N) is 1. The van der Waals surface area contributed by atoms with Gasteiger partial charge in [0.05, 0.1) is 5.56 Å². The zero-order chi connectivity index (χ0) is 26.3. The van der Waals surface area contributed by atoms with Gasteiger partial charge in [-0.3, -0.25) is 0 Å². The van der Waals surface area contributed by atoms with Crippen molar-refractivity contribution < 1.29 is 30.6 Å². The average Bonchev–Trinajstić information content (AvgIpc) is 2.85. The number of hydrogen-bond acceptors (Lipinski definition) is 4. The molecule has 0 aromatic heterocycles. The van der Waals surface area contributed by atoms with Gasteiger partial charge in [-0.25, -0.2) is 4.79 Å². The van der Waals surface area contributed by atoms with Crippen molar-refractivity contribution in [2.45, 2.75) is 50.5 Å². The number of amides is 2. The fourth-order valence-electron chi connectivity index (χ4n) is 3.42. The minimum Gasteiger partial charge on any atom is -0.379 e. The SMILES string of the molecule is CCC(C)N(Cc1cccc(OS(=O)(=O)c2cccc(C(F)(F)F)c2)c1)C(=O)NCc1ccccc1. The Morgan fingerprint density at radius 3 is 2.31 bits per heavy atom. The Morgan fingerprint density at radius 2 is 1.64 bits per heavy atom. The van der Waals surface area contributed by atoms with Crippen LogP contribution in [0.15, 0.2) is 83.8 Å². The monoisotopic (exact) mass is 520 g/mol. The zero-order valence-electron chi connectivity index (χ0n) is 19.8. The Labute approximate surface area is 208 Å². The van der Waals surface area contributed by atoms with Crippen molar-refractivity contribution in [1.29, 1.82) is 0 Å². The van der Waals surface area contributed by atoms with Gasteiger partial charge in [0, 0.05) is 19.1 Å². The number of halogens is 3. The van der Waals surface area contributed by atoms with E-state index in [1.165, 1.54) is 12.1 Å². The van der Waals surface area contributed by atoms with E-state index in [1.54, 1.807) is 17.0 Å². The van der Waals surface area contributed by atoms with Crippen LogP contribution in [-0.2, 0) is 29.4 Å². The van der Waals surface area contributed by atoms with Gasteiger partial charge in [0.1, 0.15) is 10.6 Å². The van der Waals surface area contributed by atoms with Crippen LogP contribution in [0.3, 0.4) is 0 Å². The van der Waals surface area contributed by atoms with Crippen LogP contribution in [-0.4, -0.2) is 25.4 Å². The van der Waals surface area contributed by atoms with Crippen LogP contribution in [0.4, 0.5) is 18.0 Å². The van der Waals surface area contributed by atoms with E-state index in [0.717, 1.165) is 23.8 Å². The molecule has 3 rings (SSSR count). The molecule has 0 radical (unpaired) electrons. The van der Waals surface area contributed by atoms with Crippen molar-refractivity contribution in [1.82, 2.24) is 10.2 Å². The first-order chi connectivity index (χ1) is 17.0. The lowest BCUT2D eigenvalue weighted by Crippen LogP contribution is -2.44. The summed E-state index contributed by atoms with van der Waals surface area (Å²) in [7, 11) is -4.51. The summed E-state index contributed by atoms with van der Waals surface area (Å²) in [5.74, 6) is -0.0706. The van der Waals surface area contributed by atoms with Crippen molar-refractivity contribution in [2.75, 3.05) is 0 Å². The fourth-order valence-corrected chi connectivity index (χ4v) is 4.39. The van der Waals surface area contributed by atoms with Gasteiger partial charge in [-0.15, -0.1) is 0 Å². The summed E-state index contributed by atoms with van der Waals surface area (Å²) < 4.78 is 69.4. The van der Waals surface area contributed by atoms with Crippen LogP contribution in [0.5, 0.6) is 5.75 Å². The maximum atomic E-state index is 13.0. The fraction of sp³-hybridized carbons (Fsp3) is 0.269. The van der Waals surface area contributed by atoms with Gasteiger partial charge in [0.15, 0.2) is 0 Å². The summed E-state index contributed by atoms with van der Waals surface area (Å²) in [4.78, 5) is 13.9. The van der Waals surface area contributed by atoms with E-state index in [0.29, 0.717) is 24.6 Å². The summed E-state index contributed by atoms with van der Waals surface area (Å²) >= 11 is 0. The third kappa shape index (κ3) is 7.24. The molecular weight excluding hydrogens is 493 g/mol. The molecule has 0 aliphatic rings. The average molecular weight is 521 g/mol. The van der Waals surface area contributed by atoms with E-state index in [1.807, 2.05) is 44.2 Å². The summed E-state index contributed by atoms with van der Waals surface area (Å²) in [6, 6.07) is 18.5. The van der Waals surface area contributed by atoms with Gasteiger partial charge in [0.25, 0.3) is 0 Å². The molecule has 0 spiro atoms. The number of nitrogens with one attached hydrogen (secondary N) is 1. The number of alkyl halides is 3. The number of carbonyl (C=O) groups excluding carboxylic acids is 1. The first-order valence-corrected chi connectivity index (χ1v) is 12.7. The van der Waals surface area contributed by atoms with E-state index >= 15 is 0 Å². The molecule has 0 saturated carbocycles. The van der Waals surface area contributed by atoms with Crippen molar-refractivity contribution in [3.8, 4) is 5.75 Å². The van der Waals surface area contributed by atoms with Crippen LogP contribution < -0.4 is 9.50 Å². The number of hydrogen-bond donors (Lipinski definition) is 1. The molecule has 3 aromatic carbocycles. The van der Waals surface area contributed by atoms with Crippen molar-refractivity contribution in [3.05, 3.63) is 95.6 Å². The molecule has 36 heavy (non-hydrogen) atoms. The van der Waals surface area contributed by atoms with Crippen LogP contribution >= 0.6 is 0 Å². The minimum atomic E-state index is -4.69. The lowest BCUT2D eigenvalue weighted by molar-refractivity contribution is -0.137. The molecule has 6 nitrogen and oxygen atoms in total. The number of carbonyl (C=O) groups is 1. The van der Waals surface area contributed by atoms with Gasteiger partial charge in [-0.1, -0.05) is 55.5 Å². The molecule has 10 heteroatoms. The summed E-state index contributed by atoms with van der Waals surface area (Å²) in [6.45, 7) is 4.38. The standard InChI is InChI=1S/C26H27F3N2O4S/c1-3-19(2)31(25(32)30-17-20-9-5-4-6-10-20)18-21-11-7-13-23(15-21)35-36(33,34)24-14-8-12-22(16-24)26(27,28)29/h4-16,19H,3,17-18H2,1-2H3,(H,30,32). The predicted octanol–water partition coefficient (Wildman–Crippen LogP) is 5.98. The van der Waals surface area contributed by atoms with E-state index in [2.05, 4.69) is 5.32 Å². The van der Waals surface area contributed by atoms with Gasteiger partial charge < -0.3 is 14.4 Å². The second-order valence-electron chi connectivity index (χ2n) is 8.24. The lowest BCUT2D eigenvalue weighted by Gasteiger charge is -2.29. The Hall–Kier alpha value is -3.53. The van der Waals surface area contributed by atoms with Crippen LogP contribution in [0.1, 0.15) is 37.0 Å². The van der Waals surface area contributed by atoms with E-state index in [-0.39, 0.29) is 24.4 Å². The molecule has 1 unspecified atom stereocenters. The molecule has 1 atom stereocenters. The second kappa shape index (κ2) is 11.5. The molecule has 0 fully saturated rings. The highest BCUT2D eigenvalue weighted by molar-refractivity contribution is 7.87. The van der Waals surface area contributed by atoms with Crippen molar-refractivity contribution in [2.24, 2.45) is 0 Å². The minimum absolute atomic E-state index is 0.0706. The largest absolute Gasteiger partial charge is 0.416 e. The molecule has 0 saturated heterocycles. The van der Waals surface area contributed by atoms with Crippen molar-refractivity contribution >= 4 is 16.1 Å². The van der Waals surface area contributed by atoms with Gasteiger partial charge in [-0.2, -0.15) is 21.6 Å². The van der Waals surface area contributed by atoms with Crippen LogP contribution in [0, 0.1) is 0 Å². The molecule has 0 aliphatic carbocycles. The molecular formula is C26H27F3N2O4S. The smallest absolute Gasteiger partial charge is 0.379 e. The second-order valence-corrected chi connectivity index (χ2v) is 9.79. The van der Waals surface area contributed by atoms with Gasteiger partial charge >= 0.3 is 22.3 Å². The highest BCUT2D eigenvalue weighted by Gasteiger charge is 2.32. The predicted molar refractivity (Wildman–Crippen MR) is 130 cm³/mol. The third-order valence-electron chi connectivity index (χ3n) is 5.58. The molecule has 0 heterocycles. The Bertz CT molecular complexity index is 1280. The molecule has 1 N–H and O–H groups in total. The molecule has 0 aliphatic heterocycles. The molecule has 3 aromatic rings. The number of urea groups is 1. The Kier molecular flexibility index (Phi) is 8.62. The van der Waals surface area contributed by atoms with Gasteiger partial charge in [-0.05, 0) is 54.8 Å².